The van der Waals surface area contributed by atoms with Gasteiger partial charge in [0.05, 0.1) is 17.3 Å². The maximum absolute atomic E-state index is 12.5. The van der Waals surface area contributed by atoms with Crippen LogP contribution in [0.25, 0.3) is 11.1 Å². The Morgan fingerprint density at radius 3 is 2.75 bits per heavy atom. The van der Waals surface area contributed by atoms with Crippen LogP contribution in [0.4, 0.5) is 0 Å². The van der Waals surface area contributed by atoms with Crippen LogP contribution in [0.5, 0.6) is 0 Å². The van der Waals surface area contributed by atoms with Gasteiger partial charge in [-0.15, -0.1) is 0 Å². The van der Waals surface area contributed by atoms with Gasteiger partial charge in [0.2, 0.25) is 10.0 Å². The first-order chi connectivity index (χ1) is 11.3. The van der Waals surface area contributed by atoms with Crippen molar-refractivity contribution in [1.82, 2.24) is 14.9 Å². The molecule has 0 radical (unpaired) electrons. The van der Waals surface area contributed by atoms with Gasteiger partial charge in [-0.05, 0) is 31.2 Å². The minimum Gasteiger partial charge on any atom is -0.480 e. The van der Waals surface area contributed by atoms with Gasteiger partial charge in [0.25, 0.3) is 5.71 Å². The van der Waals surface area contributed by atoms with Gasteiger partial charge < -0.3 is 9.63 Å². The van der Waals surface area contributed by atoms with E-state index in [1.807, 2.05) is 13.8 Å². The Morgan fingerprint density at radius 1 is 1.46 bits per heavy atom. The summed E-state index contributed by atoms with van der Waals surface area (Å²) in [5, 5.41) is 13.8. The average molecular weight is 353 g/mol. The SMILES string of the molecule is CC(C)CC(NS(=O)(=O)c1cnc2onc(C3CC3)c2c1)C(=O)O. The Labute approximate surface area is 139 Å². The molecule has 0 saturated heterocycles. The second-order valence-corrected chi connectivity index (χ2v) is 8.22. The van der Waals surface area contributed by atoms with E-state index in [4.69, 9.17) is 4.52 Å². The van der Waals surface area contributed by atoms with Crippen LogP contribution in [0.2, 0.25) is 0 Å². The minimum absolute atomic E-state index is 0.0361. The fourth-order valence-electron chi connectivity index (χ4n) is 2.56. The number of nitrogens with one attached hydrogen (secondary N) is 1. The van der Waals surface area contributed by atoms with Crippen LogP contribution in [0.3, 0.4) is 0 Å². The summed E-state index contributed by atoms with van der Waals surface area (Å²) in [6, 6.07) is 0.263. The Kier molecular flexibility index (Phi) is 4.31. The standard InChI is InChI=1S/C15H19N3O5S/c1-8(2)5-12(15(19)20)18-24(21,22)10-6-11-13(9-3-4-9)17-23-14(11)16-7-10/h6-9,12,18H,3-5H2,1-2H3,(H,19,20). The number of carbonyl (C=O) groups is 1. The molecule has 0 bridgehead atoms. The van der Waals surface area contributed by atoms with Gasteiger partial charge in [0.1, 0.15) is 10.9 Å². The first-order valence-corrected chi connectivity index (χ1v) is 9.26. The second kappa shape index (κ2) is 6.14. The lowest BCUT2D eigenvalue weighted by Crippen LogP contribution is -2.41. The molecule has 1 saturated carbocycles. The quantitative estimate of drug-likeness (QED) is 0.779. The Bertz CT molecular complexity index is 870. The molecule has 1 atom stereocenters. The molecule has 24 heavy (non-hydrogen) atoms. The van der Waals surface area contributed by atoms with Gasteiger partial charge in [-0.1, -0.05) is 19.0 Å². The molecule has 1 aliphatic carbocycles. The third-order valence-corrected chi connectivity index (χ3v) is 5.35. The van der Waals surface area contributed by atoms with Crippen molar-refractivity contribution >= 4 is 27.1 Å². The van der Waals surface area contributed by atoms with Crippen LogP contribution >= 0.6 is 0 Å². The molecule has 1 aliphatic rings. The highest BCUT2D eigenvalue weighted by Crippen LogP contribution is 2.42. The Morgan fingerprint density at radius 2 is 2.17 bits per heavy atom. The number of rotatable bonds is 7. The number of aromatic nitrogens is 2. The molecule has 2 N–H and O–H groups in total. The van der Waals surface area contributed by atoms with Gasteiger partial charge in [-0.2, -0.15) is 4.72 Å². The van der Waals surface area contributed by atoms with E-state index in [0.717, 1.165) is 19.0 Å². The minimum atomic E-state index is -4.00. The van der Waals surface area contributed by atoms with E-state index >= 15 is 0 Å². The van der Waals surface area contributed by atoms with Crippen molar-refractivity contribution in [3.63, 3.8) is 0 Å². The molecule has 3 rings (SSSR count). The van der Waals surface area contributed by atoms with Crippen LogP contribution in [-0.2, 0) is 14.8 Å². The largest absolute Gasteiger partial charge is 0.480 e. The highest BCUT2D eigenvalue weighted by Gasteiger charge is 2.31. The van der Waals surface area contributed by atoms with Crippen molar-refractivity contribution in [3.8, 4) is 0 Å². The number of hydrogen-bond donors (Lipinski definition) is 2. The fraction of sp³-hybridized carbons (Fsp3) is 0.533. The van der Waals surface area contributed by atoms with Gasteiger partial charge in [-0.3, -0.25) is 4.79 Å². The van der Waals surface area contributed by atoms with Crippen molar-refractivity contribution in [1.29, 1.82) is 0 Å². The second-order valence-electron chi connectivity index (χ2n) is 6.51. The van der Waals surface area contributed by atoms with Crippen molar-refractivity contribution in [2.75, 3.05) is 0 Å². The Hall–Kier alpha value is -2.00. The van der Waals surface area contributed by atoms with Crippen molar-refractivity contribution in [2.24, 2.45) is 5.92 Å². The predicted molar refractivity (Wildman–Crippen MR) is 85.0 cm³/mol. The molecule has 0 aromatic carbocycles. The lowest BCUT2D eigenvalue weighted by molar-refractivity contribution is -0.139. The van der Waals surface area contributed by atoms with Gasteiger partial charge in [-0.25, -0.2) is 13.4 Å². The van der Waals surface area contributed by atoms with E-state index in [-0.39, 0.29) is 28.9 Å². The summed E-state index contributed by atoms with van der Waals surface area (Å²) in [6.45, 7) is 3.66. The van der Waals surface area contributed by atoms with E-state index in [1.165, 1.54) is 6.07 Å². The van der Waals surface area contributed by atoms with Gasteiger partial charge in [0.15, 0.2) is 0 Å². The third-order valence-electron chi connectivity index (χ3n) is 3.91. The normalized spacial score (nSPS) is 16.6. The molecule has 0 aliphatic heterocycles. The molecule has 1 unspecified atom stereocenters. The zero-order valence-electron chi connectivity index (χ0n) is 13.4. The zero-order valence-corrected chi connectivity index (χ0v) is 14.2. The lowest BCUT2D eigenvalue weighted by Gasteiger charge is -2.16. The molecular weight excluding hydrogens is 334 g/mol. The summed E-state index contributed by atoms with van der Waals surface area (Å²) in [5.74, 6) is -0.884. The molecule has 0 amide bonds. The molecule has 8 nitrogen and oxygen atoms in total. The van der Waals surface area contributed by atoms with Gasteiger partial charge in [0, 0.05) is 5.92 Å². The highest BCUT2D eigenvalue weighted by atomic mass is 32.2. The monoisotopic (exact) mass is 353 g/mol. The summed E-state index contributed by atoms with van der Waals surface area (Å²) in [4.78, 5) is 15.2. The highest BCUT2D eigenvalue weighted by molar-refractivity contribution is 7.89. The first-order valence-electron chi connectivity index (χ1n) is 7.78. The summed E-state index contributed by atoms with van der Waals surface area (Å²) in [7, 11) is -4.00. The smallest absolute Gasteiger partial charge is 0.321 e. The fourth-order valence-corrected chi connectivity index (χ4v) is 3.73. The van der Waals surface area contributed by atoms with E-state index < -0.39 is 22.0 Å². The average Bonchev–Trinajstić information content (AvgIpc) is 3.24. The molecule has 1 fully saturated rings. The van der Waals surface area contributed by atoms with E-state index in [2.05, 4.69) is 14.9 Å². The number of fused-ring (bicyclic) bond motifs is 1. The molecular formula is C15H19N3O5S. The number of aliphatic carboxylic acids is 1. The first kappa shape index (κ1) is 16.8. The molecule has 2 aromatic rings. The molecule has 2 heterocycles. The summed E-state index contributed by atoms with van der Waals surface area (Å²) >= 11 is 0. The molecule has 130 valence electrons. The summed E-state index contributed by atoms with van der Waals surface area (Å²) in [6.07, 6.45) is 3.34. The van der Waals surface area contributed by atoms with Crippen molar-refractivity contribution in [2.45, 2.75) is 50.0 Å². The number of carboxylic acids is 1. The third kappa shape index (κ3) is 3.41. The number of carboxylic acid groups (broad SMARTS) is 1. The zero-order chi connectivity index (χ0) is 17.5. The maximum Gasteiger partial charge on any atom is 0.321 e. The number of hydrogen-bond acceptors (Lipinski definition) is 6. The lowest BCUT2D eigenvalue weighted by atomic mass is 10.1. The van der Waals surface area contributed by atoms with Crippen LogP contribution in [0.1, 0.15) is 44.7 Å². The molecule has 9 heteroatoms. The van der Waals surface area contributed by atoms with Gasteiger partial charge >= 0.3 is 5.97 Å². The topological polar surface area (TPSA) is 122 Å². The van der Waals surface area contributed by atoms with Crippen LogP contribution < -0.4 is 4.72 Å². The van der Waals surface area contributed by atoms with Crippen LogP contribution in [0.15, 0.2) is 21.7 Å². The summed E-state index contributed by atoms with van der Waals surface area (Å²) < 4.78 is 32.4. The van der Waals surface area contributed by atoms with E-state index in [9.17, 15) is 18.3 Å². The van der Waals surface area contributed by atoms with E-state index in [0.29, 0.717) is 11.1 Å². The number of sulfonamides is 1. The van der Waals surface area contributed by atoms with Crippen molar-refractivity contribution in [3.05, 3.63) is 18.0 Å². The van der Waals surface area contributed by atoms with E-state index in [1.54, 1.807) is 0 Å². The van der Waals surface area contributed by atoms with Crippen LogP contribution in [-0.4, -0.2) is 35.7 Å². The number of pyridine rings is 1. The predicted octanol–water partition coefficient (Wildman–Crippen LogP) is 1.88. The van der Waals surface area contributed by atoms with Crippen molar-refractivity contribution < 1.29 is 22.8 Å². The maximum atomic E-state index is 12.5. The number of nitrogens with zero attached hydrogens (tertiary/aromatic N) is 2. The van der Waals surface area contributed by atoms with Crippen LogP contribution in [0, 0.1) is 5.92 Å². The Balaban J connectivity index is 1.92. The molecule has 2 aromatic heterocycles. The summed E-state index contributed by atoms with van der Waals surface area (Å²) in [5.41, 5.74) is 0.999. The molecule has 0 spiro atoms.